The van der Waals surface area contributed by atoms with E-state index in [4.69, 9.17) is 5.73 Å². The fourth-order valence-electron chi connectivity index (χ4n) is 3.00. The van der Waals surface area contributed by atoms with Gasteiger partial charge in [-0.1, -0.05) is 0 Å². The molecule has 2 fully saturated rings. The van der Waals surface area contributed by atoms with Crippen molar-refractivity contribution in [2.75, 3.05) is 40.3 Å². The highest BCUT2D eigenvalue weighted by molar-refractivity contribution is 5.78. The fourth-order valence-corrected chi connectivity index (χ4v) is 3.00. The second kappa shape index (κ2) is 6.20. The average Bonchev–Trinajstić information content (AvgIpc) is 2.30. The van der Waals surface area contributed by atoms with Gasteiger partial charge in [-0.2, -0.15) is 0 Å². The van der Waals surface area contributed by atoms with E-state index in [1.807, 2.05) is 0 Å². The molecule has 0 aromatic heterocycles. The molecule has 1 saturated carbocycles. The summed E-state index contributed by atoms with van der Waals surface area (Å²) in [5.74, 6) is 0.156. The lowest BCUT2D eigenvalue weighted by atomic mass is 9.75. The Morgan fingerprint density at radius 2 is 2.00 bits per heavy atom. The lowest BCUT2D eigenvalue weighted by molar-refractivity contribution is -0.123. The molecule has 0 radical (unpaired) electrons. The molecular weight excluding hydrogens is 240 g/mol. The van der Waals surface area contributed by atoms with E-state index in [0.717, 1.165) is 32.5 Å². The molecule has 1 aliphatic carbocycles. The van der Waals surface area contributed by atoms with Crippen molar-refractivity contribution in [3.8, 4) is 0 Å². The molecule has 0 spiro atoms. The summed E-state index contributed by atoms with van der Waals surface area (Å²) >= 11 is 0. The molecule has 0 aromatic carbocycles. The smallest absolute Gasteiger partial charge is 0.234 e. The molecule has 2 aliphatic rings. The number of carbonyl (C=O) groups excluding carboxylic acids is 1. The van der Waals surface area contributed by atoms with Crippen LogP contribution in [0.15, 0.2) is 0 Å². The van der Waals surface area contributed by atoms with Crippen LogP contribution in [-0.4, -0.2) is 67.6 Å². The van der Waals surface area contributed by atoms with Crippen molar-refractivity contribution in [1.29, 1.82) is 0 Å². The summed E-state index contributed by atoms with van der Waals surface area (Å²) in [4.78, 5) is 16.5. The number of rotatable bonds is 5. The van der Waals surface area contributed by atoms with Gasteiger partial charge in [0.1, 0.15) is 0 Å². The van der Waals surface area contributed by atoms with E-state index in [1.165, 1.54) is 19.3 Å². The Labute approximate surface area is 116 Å². The molecule has 0 bridgehead atoms. The lowest BCUT2D eigenvalue weighted by Gasteiger charge is -2.47. The van der Waals surface area contributed by atoms with Crippen LogP contribution in [0.3, 0.4) is 0 Å². The molecular formula is C14H28N4O. The van der Waals surface area contributed by atoms with E-state index in [2.05, 4.69) is 29.2 Å². The Bertz CT molecular complexity index is 307. The van der Waals surface area contributed by atoms with Crippen LogP contribution < -0.4 is 11.1 Å². The van der Waals surface area contributed by atoms with E-state index in [-0.39, 0.29) is 11.4 Å². The number of piperidine rings is 1. The van der Waals surface area contributed by atoms with Gasteiger partial charge in [-0.15, -0.1) is 0 Å². The number of likely N-dealkylation sites (tertiary alicyclic amines) is 1. The highest BCUT2D eigenvalue weighted by atomic mass is 16.2. The maximum atomic E-state index is 12.0. The molecule has 1 heterocycles. The average molecular weight is 268 g/mol. The van der Waals surface area contributed by atoms with Gasteiger partial charge in [-0.3, -0.25) is 9.69 Å². The maximum Gasteiger partial charge on any atom is 0.234 e. The highest BCUT2D eigenvalue weighted by Crippen LogP contribution is 2.35. The number of nitrogens with two attached hydrogens (primary N) is 1. The molecule has 2 rings (SSSR count). The van der Waals surface area contributed by atoms with Crippen LogP contribution in [0.25, 0.3) is 0 Å². The van der Waals surface area contributed by atoms with E-state index in [0.29, 0.717) is 12.6 Å². The minimum Gasteiger partial charge on any atom is -0.353 e. The van der Waals surface area contributed by atoms with Crippen molar-refractivity contribution >= 4 is 5.91 Å². The quantitative estimate of drug-likeness (QED) is 0.737. The van der Waals surface area contributed by atoms with Crippen LogP contribution in [0.5, 0.6) is 0 Å². The molecule has 19 heavy (non-hydrogen) atoms. The topological polar surface area (TPSA) is 61.6 Å². The first-order valence-corrected chi connectivity index (χ1v) is 7.44. The minimum absolute atomic E-state index is 0.156. The zero-order valence-corrected chi connectivity index (χ0v) is 12.3. The number of hydrogen-bond acceptors (Lipinski definition) is 4. The Hall–Kier alpha value is -0.650. The Morgan fingerprint density at radius 1 is 1.37 bits per heavy atom. The van der Waals surface area contributed by atoms with Crippen molar-refractivity contribution in [2.24, 2.45) is 5.73 Å². The summed E-state index contributed by atoms with van der Waals surface area (Å²) in [5.41, 5.74) is 6.08. The Morgan fingerprint density at radius 3 is 2.47 bits per heavy atom. The van der Waals surface area contributed by atoms with Gasteiger partial charge in [0.2, 0.25) is 5.91 Å². The SMILES string of the molecule is CN(C)C1(CNC(=O)CN2CCC(N)CC2)CCC1. The van der Waals surface area contributed by atoms with Crippen LogP contribution in [0.4, 0.5) is 0 Å². The van der Waals surface area contributed by atoms with Gasteiger partial charge in [0.25, 0.3) is 0 Å². The highest BCUT2D eigenvalue weighted by Gasteiger charge is 2.39. The summed E-state index contributed by atoms with van der Waals surface area (Å²) in [5, 5.41) is 3.11. The van der Waals surface area contributed by atoms with Crippen molar-refractivity contribution in [3.05, 3.63) is 0 Å². The molecule has 3 N–H and O–H groups in total. The standard InChI is InChI=1S/C14H28N4O/c1-17(2)14(6-3-7-14)11-16-13(19)10-18-8-4-12(15)5-9-18/h12H,3-11,15H2,1-2H3,(H,16,19). The van der Waals surface area contributed by atoms with Gasteiger partial charge in [0.05, 0.1) is 6.54 Å². The summed E-state index contributed by atoms with van der Waals surface area (Å²) in [6.45, 7) is 3.21. The number of carbonyl (C=O) groups is 1. The summed E-state index contributed by atoms with van der Waals surface area (Å²) in [6, 6.07) is 0.325. The first-order chi connectivity index (χ1) is 9.02. The molecule has 0 atom stereocenters. The van der Waals surface area contributed by atoms with Gasteiger partial charge in [-0.25, -0.2) is 0 Å². The van der Waals surface area contributed by atoms with Crippen molar-refractivity contribution in [1.82, 2.24) is 15.1 Å². The van der Waals surface area contributed by atoms with E-state index < -0.39 is 0 Å². The van der Waals surface area contributed by atoms with Gasteiger partial charge in [0.15, 0.2) is 0 Å². The van der Waals surface area contributed by atoms with E-state index in [9.17, 15) is 4.79 Å². The summed E-state index contributed by atoms with van der Waals surface area (Å²) in [7, 11) is 4.22. The largest absolute Gasteiger partial charge is 0.353 e. The maximum absolute atomic E-state index is 12.0. The normalized spacial score (nSPS) is 24.2. The predicted molar refractivity (Wildman–Crippen MR) is 76.9 cm³/mol. The number of hydrogen-bond donors (Lipinski definition) is 2. The van der Waals surface area contributed by atoms with Crippen molar-refractivity contribution in [2.45, 2.75) is 43.7 Å². The van der Waals surface area contributed by atoms with Crippen LogP contribution in [0.1, 0.15) is 32.1 Å². The summed E-state index contributed by atoms with van der Waals surface area (Å²) < 4.78 is 0. The zero-order valence-electron chi connectivity index (χ0n) is 12.3. The third kappa shape index (κ3) is 3.68. The third-order valence-electron chi connectivity index (χ3n) is 4.85. The van der Waals surface area contributed by atoms with Crippen molar-refractivity contribution in [3.63, 3.8) is 0 Å². The summed E-state index contributed by atoms with van der Waals surface area (Å²) in [6.07, 6.45) is 5.68. The number of nitrogens with zero attached hydrogens (tertiary/aromatic N) is 2. The first-order valence-electron chi connectivity index (χ1n) is 7.44. The molecule has 1 amide bonds. The second-order valence-electron chi connectivity index (χ2n) is 6.36. The van der Waals surface area contributed by atoms with Crippen LogP contribution in [-0.2, 0) is 4.79 Å². The van der Waals surface area contributed by atoms with Gasteiger partial charge < -0.3 is 16.0 Å². The number of nitrogens with one attached hydrogen (secondary N) is 1. The number of likely N-dealkylation sites (N-methyl/N-ethyl adjacent to an activating group) is 1. The monoisotopic (exact) mass is 268 g/mol. The molecule has 5 heteroatoms. The van der Waals surface area contributed by atoms with E-state index in [1.54, 1.807) is 0 Å². The molecule has 0 unspecified atom stereocenters. The van der Waals surface area contributed by atoms with Gasteiger partial charge in [-0.05, 0) is 46.2 Å². The molecule has 110 valence electrons. The predicted octanol–water partition coefficient (Wildman–Crippen LogP) is 0.0100. The first kappa shape index (κ1) is 14.8. The van der Waals surface area contributed by atoms with E-state index >= 15 is 0 Å². The van der Waals surface area contributed by atoms with Crippen LogP contribution >= 0.6 is 0 Å². The van der Waals surface area contributed by atoms with Crippen LogP contribution in [0, 0.1) is 0 Å². The molecule has 1 saturated heterocycles. The minimum atomic E-state index is 0.156. The van der Waals surface area contributed by atoms with Gasteiger partial charge in [0, 0.05) is 31.2 Å². The van der Waals surface area contributed by atoms with Crippen LogP contribution in [0.2, 0.25) is 0 Å². The fraction of sp³-hybridized carbons (Fsp3) is 0.929. The molecule has 5 nitrogen and oxygen atoms in total. The van der Waals surface area contributed by atoms with Gasteiger partial charge >= 0.3 is 0 Å². The third-order valence-corrected chi connectivity index (χ3v) is 4.85. The molecule has 1 aliphatic heterocycles. The zero-order chi connectivity index (χ0) is 13.9. The Balaban J connectivity index is 1.70. The number of amides is 1. The molecule has 0 aromatic rings. The van der Waals surface area contributed by atoms with Crippen molar-refractivity contribution < 1.29 is 4.79 Å². The second-order valence-corrected chi connectivity index (χ2v) is 6.36. The lowest BCUT2D eigenvalue weighted by Crippen LogP contribution is -2.58. The Kier molecular flexibility index (Phi) is 4.81.